The molecule has 0 saturated heterocycles. The van der Waals surface area contributed by atoms with Crippen molar-refractivity contribution in [2.45, 2.75) is 75.6 Å². The average Bonchev–Trinajstić information content (AvgIpc) is 2.95. The Balaban J connectivity index is 0.000000336. The summed E-state index contributed by atoms with van der Waals surface area (Å²) in [6.45, 7) is 4.64. The number of aryl methyl sites for hydroxylation is 1. The second kappa shape index (κ2) is 14.6. The van der Waals surface area contributed by atoms with E-state index >= 15 is 0 Å². The number of allylic oxidation sites excluding steroid dienone is 2. The van der Waals surface area contributed by atoms with Gasteiger partial charge in [0, 0.05) is 22.6 Å². The van der Waals surface area contributed by atoms with Crippen molar-refractivity contribution in [3.05, 3.63) is 141 Å². The van der Waals surface area contributed by atoms with Crippen LogP contribution in [0.25, 0.3) is 0 Å². The quantitative estimate of drug-likeness (QED) is 0.159. The highest BCUT2D eigenvalue weighted by Gasteiger charge is 2.20. The van der Waals surface area contributed by atoms with Crippen LogP contribution in [-0.4, -0.2) is 20.6 Å². The Morgan fingerprint density at radius 1 is 0.881 bits per heavy atom. The van der Waals surface area contributed by atoms with Gasteiger partial charge in [0.2, 0.25) is 0 Å². The van der Waals surface area contributed by atoms with Crippen molar-refractivity contribution in [3.8, 4) is 0 Å². The number of aliphatic hydroxyl groups excluding tert-OH is 1. The molecule has 2 saturated carbocycles. The highest BCUT2D eigenvalue weighted by molar-refractivity contribution is 7.99. The average molecular weight is 579 g/mol. The summed E-state index contributed by atoms with van der Waals surface area (Å²) in [4.78, 5) is 13.9. The number of rotatable bonds is 9. The first-order chi connectivity index (χ1) is 20.5. The van der Waals surface area contributed by atoms with Gasteiger partial charge in [-0.2, -0.15) is 5.10 Å². The third kappa shape index (κ3) is 7.63. The van der Waals surface area contributed by atoms with Gasteiger partial charge in [-0.3, -0.25) is 4.79 Å². The molecule has 2 fully saturated rings. The molecule has 5 heteroatoms. The highest BCUT2D eigenvalue weighted by Crippen LogP contribution is 2.37. The molecule has 2 aliphatic carbocycles. The van der Waals surface area contributed by atoms with Gasteiger partial charge in [0.05, 0.1) is 23.9 Å². The first-order valence-corrected chi connectivity index (χ1v) is 16.3. The van der Waals surface area contributed by atoms with Crippen LogP contribution >= 0.6 is 11.8 Å². The monoisotopic (exact) mass is 578 g/mol. The molecule has 0 radical (unpaired) electrons. The summed E-state index contributed by atoms with van der Waals surface area (Å²) >= 11 is 1.80. The number of thioether (sulfide) groups is 1. The van der Waals surface area contributed by atoms with Gasteiger partial charge in [-0.05, 0) is 78.5 Å². The molecule has 0 spiro atoms. The van der Waals surface area contributed by atoms with Crippen LogP contribution in [-0.2, 0) is 6.54 Å². The van der Waals surface area contributed by atoms with Gasteiger partial charge in [0.1, 0.15) is 0 Å². The molecule has 1 aromatic heterocycles. The minimum Gasteiger partial charge on any atom is -0.512 e. The predicted octanol–water partition coefficient (Wildman–Crippen LogP) is 9.12. The Kier molecular flexibility index (Phi) is 10.4. The van der Waals surface area contributed by atoms with Crippen LogP contribution in [0.3, 0.4) is 0 Å². The van der Waals surface area contributed by atoms with Crippen LogP contribution in [0.2, 0.25) is 0 Å². The predicted molar refractivity (Wildman–Crippen MR) is 174 cm³/mol. The van der Waals surface area contributed by atoms with Gasteiger partial charge >= 0.3 is 0 Å². The topological polar surface area (TPSA) is 55.1 Å². The van der Waals surface area contributed by atoms with Gasteiger partial charge in [0.25, 0.3) is 5.56 Å². The van der Waals surface area contributed by atoms with Crippen molar-refractivity contribution in [2.24, 2.45) is 5.92 Å². The van der Waals surface area contributed by atoms with Crippen LogP contribution in [0.5, 0.6) is 0 Å². The fraction of sp³-hybridized carbons (Fsp3) is 0.351. The maximum absolute atomic E-state index is 12.6. The smallest absolute Gasteiger partial charge is 0.266 e. The minimum absolute atomic E-state index is 0.00828. The summed E-state index contributed by atoms with van der Waals surface area (Å²) in [5, 5.41) is 14.1. The lowest BCUT2D eigenvalue weighted by atomic mass is 9.80. The normalized spacial score (nSPS) is 14.6. The molecular formula is C37H42N2O2S. The number of aromatic nitrogens is 2. The summed E-state index contributed by atoms with van der Waals surface area (Å²) in [5.74, 6) is 2.51. The molecule has 1 N–H and O–H groups in total. The zero-order valence-corrected chi connectivity index (χ0v) is 25.6. The molecule has 0 unspecified atom stereocenters. The molecule has 42 heavy (non-hydrogen) atoms. The summed E-state index contributed by atoms with van der Waals surface area (Å²) in [6.07, 6.45) is 7.49. The molecule has 4 aromatic rings. The lowest BCUT2D eigenvalue weighted by molar-refractivity contribution is 0.330. The Hall–Kier alpha value is -3.57. The molecule has 4 nitrogen and oxygen atoms in total. The zero-order chi connectivity index (χ0) is 29.3. The Morgan fingerprint density at radius 2 is 1.55 bits per heavy atom. The number of aliphatic hydroxyl groups is 1. The first kappa shape index (κ1) is 29.9. The van der Waals surface area contributed by atoms with Crippen LogP contribution in [0.1, 0.15) is 86.6 Å². The van der Waals surface area contributed by atoms with E-state index in [2.05, 4.69) is 72.8 Å². The third-order valence-electron chi connectivity index (χ3n) is 8.32. The lowest BCUT2D eigenvalue weighted by Crippen LogP contribution is -2.25. The Bertz CT molecular complexity index is 1480. The molecule has 0 bridgehead atoms. The second-order valence-corrected chi connectivity index (χ2v) is 12.8. The van der Waals surface area contributed by atoms with Crippen LogP contribution < -0.4 is 5.56 Å². The van der Waals surface area contributed by atoms with Crippen LogP contribution in [0.4, 0.5) is 0 Å². The van der Waals surface area contributed by atoms with E-state index in [1.165, 1.54) is 52.8 Å². The van der Waals surface area contributed by atoms with Gasteiger partial charge in [-0.25, -0.2) is 4.68 Å². The van der Waals surface area contributed by atoms with Crippen LogP contribution in [0.15, 0.2) is 118 Å². The summed E-state index contributed by atoms with van der Waals surface area (Å²) in [6, 6.07) is 33.2. The van der Waals surface area contributed by atoms with E-state index < -0.39 is 0 Å². The van der Waals surface area contributed by atoms with Crippen molar-refractivity contribution >= 4 is 11.8 Å². The second-order valence-electron chi connectivity index (χ2n) is 11.6. The van der Waals surface area contributed by atoms with E-state index in [1.54, 1.807) is 22.5 Å². The SMILES string of the molecule is CC(C)C(O)=C1CCC1.O=c1ccc(C(c2ccccc2)c2ccccc2)nn1CCSc1cccc(C2CCC2)c1. The summed E-state index contributed by atoms with van der Waals surface area (Å²) < 4.78 is 1.62. The van der Waals surface area contributed by atoms with Crippen molar-refractivity contribution < 1.29 is 5.11 Å². The molecule has 6 rings (SSSR count). The maximum Gasteiger partial charge on any atom is 0.266 e. The molecule has 218 valence electrons. The molecule has 1 heterocycles. The van der Waals surface area contributed by atoms with E-state index in [9.17, 15) is 9.90 Å². The van der Waals surface area contributed by atoms with Gasteiger partial charge < -0.3 is 5.11 Å². The van der Waals surface area contributed by atoms with E-state index in [4.69, 9.17) is 5.10 Å². The van der Waals surface area contributed by atoms with Crippen molar-refractivity contribution in [1.82, 2.24) is 9.78 Å². The van der Waals surface area contributed by atoms with Gasteiger partial charge in [-0.1, -0.05) is 93.1 Å². The molecule has 0 aliphatic heterocycles. The van der Waals surface area contributed by atoms with E-state index in [1.807, 2.05) is 32.0 Å². The molecule has 2 aliphatic rings. The number of hydrogen-bond donors (Lipinski definition) is 1. The standard InChI is InChI=1S/C29H28N2OS.C8H14O/c32-28-18-17-27(29(23-9-3-1-4-10-23)24-11-5-2-6-12-24)30-31(28)19-20-33-26-16-8-15-25(21-26)22-13-7-14-22;1-6(2)8(9)7-4-3-5-7/h1-6,8-12,15-18,21-22,29H,7,13-14,19-20H2;6,9H,3-5H2,1-2H3. The van der Waals surface area contributed by atoms with E-state index in [0.717, 1.165) is 30.2 Å². The van der Waals surface area contributed by atoms with Crippen LogP contribution in [0, 0.1) is 5.92 Å². The maximum atomic E-state index is 12.6. The molecule has 0 atom stereocenters. The Morgan fingerprint density at radius 3 is 2.07 bits per heavy atom. The largest absolute Gasteiger partial charge is 0.512 e. The van der Waals surface area contributed by atoms with Crippen molar-refractivity contribution in [2.75, 3.05) is 5.75 Å². The third-order valence-corrected chi connectivity index (χ3v) is 9.30. The number of benzene rings is 3. The van der Waals surface area contributed by atoms with Gasteiger partial charge in [0.15, 0.2) is 0 Å². The molecule has 0 amide bonds. The fourth-order valence-electron chi connectivity index (χ4n) is 5.47. The first-order valence-electron chi connectivity index (χ1n) is 15.3. The highest BCUT2D eigenvalue weighted by atomic mass is 32.2. The lowest BCUT2D eigenvalue weighted by Gasteiger charge is -2.26. The Labute approximate surface area is 254 Å². The van der Waals surface area contributed by atoms with E-state index in [0.29, 0.717) is 18.2 Å². The summed E-state index contributed by atoms with van der Waals surface area (Å²) in [7, 11) is 0. The molecule has 3 aromatic carbocycles. The zero-order valence-electron chi connectivity index (χ0n) is 24.8. The molecular weight excluding hydrogens is 536 g/mol. The van der Waals surface area contributed by atoms with E-state index in [-0.39, 0.29) is 11.5 Å². The summed E-state index contributed by atoms with van der Waals surface area (Å²) in [5.41, 5.74) is 5.92. The van der Waals surface area contributed by atoms with Crippen molar-refractivity contribution in [1.29, 1.82) is 0 Å². The number of nitrogens with zero attached hydrogens (tertiary/aromatic N) is 2. The number of hydrogen-bond acceptors (Lipinski definition) is 4. The van der Waals surface area contributed by atoms with Gasteiger partial charge in [-0.15, -0.1) is 11.8 Å². The van der Waals surface area contributed by atoms with Crippen molar-refractivity contribution in [3.63, 3.8) is 0 Å². The minimum atomic E-state index is -0.0533. The fourth-order valence-corrected chi connectivity index (χ4v) is 6.37.